The zero-order chi connectivity index (χ0) is 24.5. The van der Waals surface area contributed by atoms with Gasteiger partial charge in [0.05, 0.1) is 37.1 Å². The molecule has 2 atom stereocenters. The number of nitrogens with one attached hydrogen (secondary N) is 1. The third-order valence-corrected chi connectivity index (χ3v) is 6.88. The summed E-state index contributed by atoms with van der Waals surface area (Å²) in [6.45, 7) is 1.63. The Morgan fingerprint density at radius 1 is 1.17 bits per heavy atom. The van der Waals surface area contributed by atoms with E-state index < -0.39 is 12.1 Å². The van der Waals surface area contributed by atoms with Gasteiger partial charge >= 0.3 is 0 Å². The van der Waals surface area contributed by atoms with Crippen LogP contribution in [0.15, 0.2) is 36.8 Å². The van der Waals surface area contributed by atoms with Crippen LogP contribution in [-0.2, 0) is 30.7 Å². The molecule has 2 bridgehead atoms. The number of pyridine rings is 2. The minimum atomic E-state index is -0.431. The van der Waals surface area contributed by atoms with E-state index in [4.69, 9.17) is 9.47 Å². The van der Waals surface area contributed by atoms with Crippen molar-refractivity contribution in [1.29, 1.82) is 0 Å². The largest absolute Gasteiger partial charge is 0.489 e. The molecule has 1 N–H and O–H groups in total. The maximum atomic E-state index is 13.4. The second kappa shape index (κ2) is 9.65. The van der Waals surface area contributed by atoms with Gasteiger partial charge in [-0.25, -0.2) is 9.67 Å². The molecule has 2 aliphatic heterocycles. The first-order chi connectivity index (χ1) is 17.6. The Labute approximate surface area is 207 Å². The summed E-state index contributed by atoms with van der Waals surface area (Å²) in [7, 11) is 0. The third-order valence-electron chi connectivity index (χ3n) is 6.88. The molecule has 0 spiro atoms. The zero-order valence-electron chi connectivity index (χ0n) is 19.8. The summed E-state index contributed by atoms with van der Waals surface area (Å²) in [4.78, 5) is 37.1. The fourth-order valence-electron chi connectivity index (χ4n) is 5.00. The maximum Gasteiger partial charge on any atom is 0.274 e. The Bertz CT molecular complexity index is 1290. The second-order valence-electron chi connectivity index (χ2n) is 9.35. The summed E-state index contributed by atoms with van der Waals surface area (Å²) >= 11 is 0. The molecule has 0 unspecified atom stereocenters. The Kier molecular flexibility index (Phi) is 6.06. The zero-order valence-corrected chi connectivity index (χ0v) is 19.8. The quantitative estimate of drug-likeness (QED) is 0.540. The molecule has 0 aromatic carbocycles. The summed E-state index contributed by atoms with van der Waals surface area (Å²) in [5.74, 6) is -0.106. The number of nitrogens with zero attached hydrogens (tertiary/aromatic N) is 6. The van der Waals surface area contributed by atoms with Gasteiger partial charge in [0.2, 0.25) is 0 Å². The van der Waals surface area contributed by atoms with Crippen LogP contribution in [0, 0.1) is 0 Å². The molecule has 5 heterocycles. The van der Waals surface area contributed by atoms with Gasteiger partial charge in [0.25, 0.3) is 11.8 Å². The molecule has 3 aromatic rings. The number of aromatic nitrogens is 5. The standard InChI is InChI=1S/C25H27N7O4/c33-24-23-21(6-3-7-26-23)35-9-8-32-12-18(29-30-32)15-36-22-14-31(13-20(22)28-24)25(34)17-10-16-4-1-2-5-19(16)27-11-17/h3,6-7,10-12,20,22H,1-2,4-5,8-9,13-15H2,(H,28,33)/t20-,22-/m0/s1. The molecule has 11 nitrogen and oxygen atoms in total. The Hall–Kier alpha value is -3.86. The summed E-state index contributed by atoms with van der Waals surface area (Å²) in [5.41, 5.74) is 3.67. The normalized spacial score (nSPS) is 21.9. The Morgan fingerprint density at radius 3 is 3.03 bits per heavy atom. The number of aryl methyl sites for hydroxylation is 2. The molecule has 0 radical (unpaired) electrons. The third kappa shape index (κ3) is 4.53. The van der Waals surface area contributed by atoms with Crippen molar-refractivity contribution in [2.45, 2.75) is 51.0 Å². The first-order valence-corrected chi connectivity index (χ1v) is 12.3. The van der Waals surface area contributed by atoms with E-state index in [1.54, 1.807) is 34.1 Å². The fourth-order valence-corrected chi connectivity index (χ4v) is 5.00. The number of rotatable bonds is 1. The van der Waals surface area contributed by atoms with Crippen molar-refractivity contribution in [3.05, 3.63) is 65.0 Å². The number of fused-ring (bicyclic) bond motifs is 5. The van der Waals surface area contributed by atoms with E-state index in [-0.39, 0.29) is 24.1 Å². The van der Waals surface area contributed by atoms with Gasteiger partial charge in [-0.1, -0.05) is 5.21 Å². The summed E-state index contributed by atoms with van der Waals surface area (Å²) in [6.07, 6.45) is 8.76. The van der Waals surface area contributed by atoms with Gasteiger partial charge in [-0.2, -0.15) is 0 Å². The van der Waals surface area contributed by atoms with Crippen LogP contribution in [0.4, 0.5) is 0 Å². The number of amides is 2. The van der Waals surface area contributed by atoms with E-state index in [0.29, 0.717) is 43.2 Å². The van der Waals surface area contributed by atoms with Crippen molar-refractivity contribution in [1.82, 2.24) is 35.2 Å². The van der Waals surface area contributed by atoms with Gasteiger partial charge in [-0.3, -0.25) is 14.6 Å². The number of carbonyl (C=O) groups excluding carboxylic acids is 2. The summed E-state index contributed by atoms with van der Waals surface area (Å²) in [5, 5.41) is 11.3. The molecule has 2 amide bonds. The van der Waals surface area contributed by atoms with Crippen molar-refractivity contribution in [2.24, 2.45) is 0 Å². The van der Waals surface area contributed by atoms with E-state index in [9.17, 15) is 9.59 Å². The number of ether oxygens (including phenoxy) is 2. The molecule has 3 aromatic heterocycles. The van der Waals surface area contributed by atoms with Crippen LogP contribution >= 0.6 is 0 Å². The van der Waals surface area contributed by atoms with Crippen molar-refractivity contribution in [2.75, 3.05) is 19.7 Å². The molecule has 1 saturated heterocycles. The molecule has 36 heavy (non-hydrogen) atoms. The van der Waals surface area contributed by atoms with Crippen molar-refractivity contribution in [3.63, 3.8) is 0 Å². The smallest absolute Gasteiger partial charge is 0.274 e. The number of likely N-dealkylation sites (tertiary alicyclic amines) is 1. The van der Waals surface area contributed by atoms with Crippen LogP contribution in [0.2, 0.25) is 0 Å². The van der Waals surface area contributed by atoms with E-state index in [1.165, 1.54) is 0 Å². The molecular weight excluding hydrogens is 462 g/mol. The monoisotopic (exact) mass is 489 g/mol. The van der Waals surface area contributed by atoms with Crippen molar-refractivity contribution < 1.29 is 19.1 Å². The van der Waals surface area contributed by atoms with E-state index >= 15 is 0 Å². The lowest BCUT2D eigenvalue weighted by molar-refractivity contribution is 0.0290. The fraction of sp³-hybridized carbons (Fsp3) is 0.440. The van der Waals surface area contributed by atoms with Crippen LogP contribution < -0.4 is 10.1 Å². The maximum absolute atomic E-state index is 13.4. The Balaban J connectivity index is 1.26. The second-order valence-corrected chi connectivity index (χ2v) is 9.35. The van der Waals surface area contributed by atoms with Crippen molar-refractivity contribution in [3.8, 4) is 5.75 Å². The van der Waals surface area contributed by atoms with Gasteiger partial charge in [-0.15, -0.1) is 5.10 Å². The summed E-state index contributed by atoms with van der Waals surface area (Å²) < 4.78 is 13.7. The van der Waals surface area contributed by atoms with Crippen LogP contribution in [0.5, 0.6) is 5.75 Å². The highest BCUT2D eigenvalue weighted by atomic mass is 16.5. The van der Waals surface area contributed by atoms with Crippen LogP contribution in [-0.4, -0.2) is 73.5 Å². The first kappa shape index (κ1) is 22.6. The van der Waals surface area contributed by atoms with Gasteiger partial charge in [-0.05, 0) is 49.4 Å². The number of carbonyl (C=O) groups is 2. The highest BCUT2D eigenvalue weighted by Gasteiger charge is 2.38. The van der Waals surface area contributed by atoms with Gasteiger partial charge in [0, 0.05) is 31.2 Å². The molecule has 186 valence electrons. The van der Waals surface area contributed by atoms with Crippen LogP contribution in [0.3, 0.4) is 0 Å². The predicted molar refractivity (Wildman–Crippen MR) is 126 cm³/mol. The molecule has 6 rings (SSSR count). The number of hydrogen-bond donors (Lipinski definition) is 1. The van der Waals surface area contributed by atoms with Crippen LogP contribution in [0.1, 0.15) is 50.6 Å². The molecule has 3 aliphatic rings. The lowest BCUT2D eigenvalue weighted by atomic mass is 9.95. The van der Waals surface area contributed by atoms with E-state index in [1.807, 2.05) is 12.3 Å². The highest BCUT2D eigenvalue weighted by molar-refractivity contribution is 5.96. The number of hydrogen-bond acceptors (Lipinski definition) is 8. The lowest BCUT2D eigenvalue weighted by Gasteiger charge is -2.20. The molecule has 1 fully saturated rings. The van der Waals surface area contributed by atoms with E-state index in [0.717, 1.165) is 36.9 Å². The lowest BCUT2D eigenvalue weighted by Crippen LogP contribution is -2.44. The molecule has 0 saturated carbocycles. The SMILES string of the molecule is O=C1N[C@H]2CN(C(=O)c3cnc4c(c3)CCCC4)C[C@@H]2OCc2cn(nn2)CCOc2cccnc21. The van der Waals surface area contributed by atoms with Crippen LogP contribution in [0.25, 0.3) is 0 Å². The van der Waals surface area contributed by atoms with Gasteiger partial charge in [0.15, 0.2) is 11.4 Å². The average Bonchev–Trinajstić information content (AvgIpc) is 3.53. The summed E-state index contributed by atoms with van der Waals surface area (Å²) in [6, 6.07) is 4.97. The topological polar surface area (TPSA) is 124 Å². The minimum Gasteiger partial charge on any atom is -0.489 e. The molecular formula is C25H27N7O4. The van der Waals surface area contributed by atoms with E-state index in [2.05, 4.69) is 25.6 Å². The average molecular weight is 490 g/mol. The van der Waals surface area contributed by atoms with Crippen molar-refractivity contribution >= 4 is 11.8 Å². The van der Waals surface area contributed by atoms with Gasteiger partial charge < -0.3 is 19.7 Å². The first-order valence-electron chi connectivity index (χ1n) is 12.3. The molecule has 11 heteroatoms. The Morgan fingerprint density at radius 2 is 2.08 bits per heavy atom. The van der Waals surface area contributed by atoms with Gasteiger partial charge in [0.1, 0.15) is 12.3 Å². The predicted octanol–water partition coefficient (Wildman–Crippen LogP) is 1.18. The molecule has 1 aliphatic carbocycles. The highest BCUT2D eigenvalue weighted by Crippen LogP contribution is 2.24. The minimum absolute atomic E-state index is 0.119.